The molecular weight excluding hydrogens is 254 g/mol. The summed E-state index contributed by atoms with van der Waals surface area (Å²) in [5.41, 5.74) is 2.33. The van der Waals surface area contributed by atoms with Gasteiger partial charge in [0, 0.05) is 5.92 Å². The third-order valence-electron chi connectivity index (χ3n) is 3.81. The van der Waals surface area contributed by atoms with Crippen molar-refractivity contribution >= 4 is 17.9 Å². The summed E-state index contributed by atoms with van der Waals surface area (Å²) in [4.78, 5) is 16.1. The highest BCUT2D eigenvalue weighted by Gasteiger charge is 2.32. The van der Waals surface area contributed by atoms with Gasteiger partial charge in [0.2, 0.25) is 5.90 Å². The average Bonchev–Trinajstić information content (AvgIpc) is 2.68. The van der Waals surface area contributed by atoms with Gasteiger partial charge in [0.15, 0.2) is 5.70 Å². The first-order valence-electron chi connectivity index (χ1n) is 6.84. The number of carbonyl (C=O) groups is 1. The molecule has 3 rings (SSSR count). The van der Waals surface area contributed by atoms with Gasteiger partial charge < -0.3 is 9.47 Å². The minimum atomic E-state index is -0.347. The Hall–Kier alpha value is -2.10. The van der Waals surface area contributed by atoms with Gasteiger partial charge >= 0.3 is 5.97 Å². The van der Waals surface area contributed by atoms with E-state index in [1.54, 1.807) is 13.2 Å². The van der Waals surface area contributed by atoms with Crippen LogP contribution in [0.4, 0.5) is 0 Å². The summed E-state index contributed by atoms with van der Waals surface area (Å²) in [6.07, 6.45) is 5.10. The Morgan fingerprint density at radius 2 is 2.20 bits per heavy atom. The summed E-state index contributed by atoms with van der Waals surface area (Å²) in [6, 6.07) is 5.76. The fourth-order valence-electron chi connectivity index (χ4n) is 2.40. The lowest BCUT2D eigenvalue weighted by Gasteiger charge is -2.23. The standard InChI is InChI=1S/C16H17NO3/c1-10-8-11(6-7-14(10)19-2)9-13-16(18)20-15(17-13)12-4-3-5-12/h6-9,12H,3-5H2,1-2H3/b13-9+. The maximum atomic E-state index is 11.8. The van der Waals surface area contributed by atoms with Crippen LogP contribution in [0.5, 0.6) is 5.75 Å². The van der Waals surface area contributed by atoms with Gasteiger partial charge in [-0.2, -0.15) is 0 Å². The van der Waals surface area contributed by atoms with Crippen LogP contribution in [0.15, 0.2) is 28.9 Å². The predicted octanol–water partition coefficient (Wildman–Crippen LogP) is 3.10. The van der Waals surface area contributed by atoms with E-state index in [4.69, 9.17) is 9.47 Å². The lowest BCUT2D eigenvalue weighted by atomic mass is 9.85. The van der Waals surface area contributed by atoms with Crippen molar-refractivity contribution in [2.24, 2.45) is 10.9 Å². The molecule has 1 saturated carbocycles. The molecule has 20 heavy (non-hydrogen) atoms. The largest absolute Gasteiger partial charge is 0.496 e. The zero-order valence-electron chi connectivity index (χ0n) is 11.7. The molecular formula is C16H17NO3. The summed E-state index contributed by atoms with van der Waals surface area (Å²) in [7, 11) is 1.64. The Kier molecular flexibility index (Phi) is 3.30. The summed E-state index contributed by atoms with van der Waals surface area (Å²) >= 11 is 0. The fourth-order valence-corrected chi connectivity index (χ4v) is 2.40. The fraction of sp³-hybridized carbons (Fsp3) is 0.375. The summed E-state index contributed by atoms with van der Waals surface area (Å²) in [5.74, 6) is 1.42. The third kappa shape index (κ3) is 2.33. The highest BCUT2D eigenvalue weighted by molar-refractivity contribution is 6.07. The van der Waals surface area contributed by atoms with E-state index < -0.39 is 0 Å². The van der Waals surface area contributed by atoms with E-state index in [9.17, 15) is 4.79 Å². The van der Waals surface area contributed by atoms with Crippen LogP contribution >= 0.6 is 0 Å². The Morgan fingerprint density at radius 1 is 1.40 bits per heavy atom. The number of aliphatic imine (C=N–C) groups is 1. The monoisotopic (exact) mass is 271 g/mol. The van der Waals surface area contributed by atoms with Gasteiger partial charge in [0.05, 0.1) is 7.11 Å². The summed E-state index contributed by atoms with van der Waals surface area (Å²) < 4.78 is 10.5. The Labute approximate surface area is 118 Å². The van der Waals surface area contributed by atoms with Crippen LogP contribution in [0.1, 0.15) is 30.4 Å². The number of carbonyl (C=O) groups excluding carboxylic acids is 1. The molecule has 0 saturated heterocycles. The molecule has 1 heterocycles. The molecule has 0 atom stereocenters. The topological polar surface area (TPSA) is 47.9 Å². The van der Waals surface area contributed by atoms with Crippen molar-refractivity contribution in [1.82, 2.24) is 0 Å². The van der Waals surface area contributed by atoms with Crippen LogP contribution in [0.3, 0.4) is 0 Å². The second-order valence-electron chi connectivity index (χ2n) is 5.23. The first-order valence-corrected chi connectivity index (χ1v) is 6.84. The number of ether oxygens (including phenoxy) is 2. The quantitative estimate of drug-likeness (QED) is 0.627. The van der Waals surface area contributed by atoms with E-state index in [0.29, 0.717) is 17.5 Å². The summed E-state index contributed by atoms with van der Waals surface area (Å²) in [5, 5.41) is 0. The maximum absolute atomic E-state index is 11.8. The average molecular weight is 271 g/mol. The molecule has 0 aromatic heterocycles. The number of aryl methyl sites for hydroxylation is 1. The molecule has 0 radical (unpaired) electrons. The van der Waals surface area contributed by atoms with Gasteiger partial charge in [-0.1, -0.05) is 12.5 Å². The van der Waals surface area contributed by atoms with E-state index in [-0.39, 0.29) is 5.97 Å². The molecule has 1 aromatic rings. The normalized spacial score (nSPS) is 20.6. The minimum absolute atomic E-state index is 0.336. The molecule has 2 aliphatic rings. The van der Waals surface area contributed by atoms with Crippen molar-refractivity contribution in [3.8, 4) is 5.75 Å². The molecule has 0 unspecified atom stereocenters. The number of methoxy groups -OCH3 is 1. The van der Waals surface area contributed by atoms with Crippen molar-refractivity contribution in [1.29, 1.82) is 0 Å². The highest BCUT2D eigenvalue weighted by Crippen LogP contribution is 2.32. The van der Waals surface area contributed by atoms with Crippen LogP contribution < -0.4 is 4.74 Å². The first kappa shape index (κ1) is 12.9. The van der Waals surface area contributed by atoms with Crippen molar-refractivity contribution in [3.05, 3.63) is 35.0 Å². The van der Waals surface area contributed by atoms with Gasteiger partial charge in [0.1, 0.15) is 5.75 Å². The summed E-state index contributed by atoms with van der Waals surface area (Å²) in [6.45, 7) is 1.97. The second kappa shape index (κ2) is 5.12. The van der Waals surface area contributed by atoms with Crippen LogP contribution in [-0.4, -0.2) is 19.0 Å². The maximum Gasteiger partial charge on any atom is 0.363 e. The molecule has 4 heteroatoms. The lowest BCUT2D eigenvalue weighted by molar-refractivity contribution is -0.130. The SMILES string of the molecule is COc1ccc(/C=C2/N=C(C3CCC3)OC2=O)cc1C. The lowest BCUT2D eigenvalue weighted by Crippen LogP contribution is -2.22. The molecule has 0 bridgehead atoms. The van der Waals surface area contributed by atoms with Gasteiger partial charge in [-0.15, -0.1) is 0 Å². The van der Waals surface area contributed by atoms with E-state index in [1.807, 2.05) is 25.1 Å². The third-order valence-corrected chi connectivity index (χ3v) is 3.81. The minimum Gasteiger partial charge on any atom is -0.496 e. The van der Waals surface area contributed by atoms with E-state index in [1.165, 1.54) is 6.42 Å². The van der Waals surface area contributed by atoms with Crippen LogP contribution in [0.2, 0.25) is 0 Å². The van der Waals surface area contributed by atoms with Crippen molar-refractivity contribution in [2.45, 2.75) is 26.2 Å². The molecule has 0 amide bonds. The molecule has 104 valence electrons. The van der Waals surface area contributed by atoms with E-state index in [2.05, 4.69) is 4.99 Å². The predicted molar refractivity (Wildman–Crippen MR) is 76.6 cm³/mol. The Bertz CT molecular complexity index is 612. The molecule has 1 aliphatic heterocycles. The zero-order valence-corrected chi connectivity index (χ0v) is 11.7. The van der Waals surface area contributed by atoms with Crippen LogP contribution in [0.25, 0.3) is 6.08 Å². The number of hydrogen-bond donors (Lipinski definition) is 0. The number of nitrogens with zero attached hydrogens (tertiary/aromatic N) is 1. The van der Waals surface area contributed by atoms with Gasteiger partial charge in [0.25, 0.3) is 0 Å². The first-order chi connectivity index (χ1) is 9.67. The van der Waals surface area contributed by atoms with E-state index in [0.717, 1.165) is 29.7 Å². The van der Waals surface area contributed by atoms with Crippen molar-refractivity contribution in [3.63, 3.8) is 0 Å². The zero-order chi connectivity index (χ0) is 14.1. The number of hydrogen-bond acceptors (Lipinski definition) is 4. The number of rotatable bonds is 3. The van der Waals surface area contributed by atoms with Crippen molar-refractivity contribution < 1.29 is 14.3 Å². The van der Waals surface area contributed by atoms with Gasteiger partial charge in [-0.05, 0) is 49.1 Å². The molecule has 1 aromatic carbocycles. The molecule has 1 fully saturated rings. The Morgan fingerprint density at radius 3 is 2.80 bits per heavy atom. The Balaban J connectivity index is 1.85. The van der Waals surface area contributed by atoms with Crippen molar-refractivity contribution in [2.75, 3.05) is 7.11 Å². The van der Waals surface area contributed by atoms with E-state index >= 15 is 0 Å². The second-order valence-corrected chi connectivity index (χ2v) is 5.23. The number of benzene rings is 1. The van der Waals surface area contributed by atoms with Crippen LogP contribution in [0, 0.1) is 12.8 Å². The van der Waals surface area contributed by atoms with Crippen LogP contribution in [-0.2, 0) is 9.53 Å². The smallest absolute Gasteiger partial charge is 0.363 e. The number of cyclic esters (lactones) is 1. The number of esters is 1. The highest BCUT2D eigenvalue weighted by atomic mass is 16.6. The molecule has 1 aliphatic carbocycles. The molecule has 4 nitrogen and oxygen atoms in total. The van der Waals surface area contributed by atoms with Gasteiger partial charge in [-0.25, -0.2) is 9.79 Å². The molecule has 0 N–H and O–H groups in total. The van der Waals surface area contributed by atoms with Gasteiger partial charge in [-0.3, -0.25) is 0 Å². The molecule has 0 spiro atoms.